The van der Waals surface area contributed by atoms with Crippen LogP contribution in [-0.4, -0.2) is 28.1 Å². The number of rotatable bonds is 1. The molecule has 1 N–H and O–H groups in total. The molecular weight excluding hydrogens is 274 g/mol. The lowest BCUT2D eigenvalue weighted by Gasteiger charge is -2.43. The minimum absolute atomic E-state index is 0.347. The second-order valence-corrected chi connectivity index (χ2v) is 7.79. The van der Waals surface area contributed by atoms with Crippen LogP contribution >= 0.6 is 0 Å². The number of phenolic OH excluding ortho intramolecular Hbond substituents is 1. The molecule has 2 aliphatic carbocycles. The average molecular weight is 295 g/mol. The fraction of sp³-hybridized carbons (Fsp3) is 0.579. The van der Waals surface area contributed by atoms with Crippen LogP contribution in [-0.2, 0) is 6.42 Å². The zero-order chi connectivity index (χ0) is 14.6. The lowest BCUT2D eigenvalue weighted by molar-refractivity contribution is 0.108. The average Bonchev–Trinajstić information content (AvgIpc) is 3.02. The standard InChI is InChI=1S/C19H21NO2/c1-2-10-7-11-8-15-17-13(5-6-20-18(10)19(11,15)20)14-9-12(21)3-4-16(14)22-17/h3-4,9-11,15,18,21H,2,5-8H2,1H3/t10?,11?,15?,18?,19-,20?/m0/s1. The van der Waals surface area contributed by atoms with Crippen LogP contribution in [0, 0.1) is 11.8 Å². The van der Waals surface area contributed by atoms with Gasteiger partial charge in [0, 0.05) is 35.0 Å². The minimum atomic E-state index is 0.347. The van der Waals surface area contributed by atoms with E-state index in [9.17, 15) is 5.11 Å². The van der Waals surface area contributed by atoms with Crippen LogP contribution in [0.2, 0.25) is 0 Å². The molecule has 1 aromatic carbocycles. The van der Waals surface area contributed by atoms with Crippen LogP contribution in [0.4, 0.5) is 0 Å². The highest BCUT2D eigenvalue weighted by atomic mass is 16.3. The van der Waals surface area contributed by atoms with Crippen molar-refractivity contribution in [3.63, 3.8) is 0 Å². The fourth-order valence-corrected chi connectivity index (χ4v) is 6.45. The molecule has 3 heterocycles. The van der Waals surface area contributed by atoms with Crippen molar-refractivity contribution in [3.05, 3.63) is 29.5 Å². The van der Waals surface area contributed by atoms with Crippen LogP contribution in [0.5, 0.6) is 5.75 Å². The van der Waals surface area contributed by atoms with Gasteiger partial charge in [-0.3, -0.25) is 4.90 Å². The first-order valence-electron chi connectivity index (χ1n) is 8.76. The van der Waals surface area contributed by atoms with Gasteiger partial charge in [0.2, 0.25) is 0 Å². The van der Waals surface area contributed by atoms with Gasteiger partial charge in [0.15, 0.2) is 0 Å². The summed E-state index contributed by atoms with van der Waals surface area (Å²) < 4.78 is 6.31. The van der Waals surface area contributed by atoms with Gasteiger partial charge in [-0.2, -0.15) is 0 Å². The lowest BCUT2D eigenvalue weighted by atomic mass is 9.63. The van der Waals surface area contributed by atoms with Crippen LogP contribution < -0.4 is 0 Å². The zero-order valence-electron chi connectivity index (χ0n) is 12.9. The third-order valence-corrected chi connectivity index (χ3v) is 7.25. The Hall–Kier alpha value is -1.48. The zero-order valence-corrected chi connectivity index (χ0v) is 12.9. The van der Waals surface area contributed by atoms with E-state index in [1.165, 1.54) is 37.1 Å². The van der Waals surface area contributed by atoms with Gasteiger partial charge < -0.3 is 9.52 Å². The topological polar surface area (TPSA) is 36.4 Å². The number of fused-ring (bicyclic) bond motifs is 5. The Kier molecular flexibility index (Phi) is 1.93. The molecule has 2 aliphatic heterocycles. The first-order chi connectivity index (χ1) is 10.7. The van der Waals surface area contributed by atoms with Crippen molar-refractivity contribution in [2.24, 2.45) is 11.8 Å². The van der Waals surface area contributed by atoms with Gasteiger partial charge in [0.1, 0.15) is 17.1 Å². The van der Waals surface area contributed by atoms with E-state index in [0.717, 1.165) is 35.3 Å². The predicted octanol–water partition coefficient (Wildman–Crippen LogP) is 3.65. The van der Waals surface area contributed by atoms with E-state index in [0.29, 0.717) is 17.2 Å². The Morgan fingerprint density at radius 3 is 3.14 bits per heavy atom. The molecule has 1 spiro atoms. The Balaban J connectivity index is 1.53. The predicted molar refractivity (Wildman–Crippen MR) is 84.1 cm³/mol. The molecule has 2 aromatic rings. The summed E-state index contributed by atoms with van der Waals surface area (Å²) in [5, 5.41) is 11.0. The molecule has 1 aromatic heterocycles. The molecule has 22 heavy (non-hydrogen) atoms. The number of nitrogens with zero attached hydrogens (tertiary/aromatic N) is 1. The van der Waals surface area contributed by atoms with E-state index in [1.807, 2.05) is 12.1 Å². The summed E-state index contributed by atoms with van der Waals surface area (Å²) in [4.78, 5) is 2.80. The maximum atomic E-state index is 9.82. The third-order valence-electron chi connectivity index (χ3n) is 7.25. The second-order valence-electron chi connectivity index (χ2n) is 7.79. The summed E-state index contributed by atoms with van der Waals surface area (Å²) in [5.41, 5.74) is 2.79. The SMILES string of the molecule is CCC1CC2CC3c4oc5ccc(O)cc5c4CCN4C1[C@]234. The molecule has 4 aliphatic rings. The van der Waals surface area contributed by atoms with Crippen molar-refractivity contribution in [2.75, 3.05) is 6.54 Å². The highest BCUT2D eigenvalue weighted by Crippen LogP contribution is 2.75. The molecule has 6 atom stereocenters. The molecule has 3 nitrogen and oxygen atoms in total. The summed E-state index contributed by atoms with van der Waals surface area (Å²) in [7, 11) is 0. The maximum absolute atomic E-state index is 9.82. The molecule has 1 saturated heterocycles. The van der Waals surface area contributed by atoms with Gasteiger partial charge in [-0.1, -0.05) is 13.3 Å². The van der Waals surface area contributed by atoms with Crippen molar-refractivity contribution in [3.8, 4) is 5.75 Å². The number of hydrogen-bond acceptors (Lipinski definition) is 3. The molecule has 0 bridgehead atoms. The Bertz CT molecular complexity index is 809. The van der Waals surface area contributed by atoms with Crippen LogP contribution in [0.3, 0.4) is 0 Å². The van der Waals surface area contributed by atoms with E-state index in [-0.39, 0.29) is 0 Å². The molecule has 0 amide bonds. The smallest absolute Gasteiger partial charge is 0.134 e. The van der Waals surface area contributed by atoms with Crippen molar-refractivity contribution < 1.29 is 9.52 Å². The lowest BCUT2D eigenvalue weighted by Crippen LogP contribution is -2.45. The molecule has 0 radical (unpaired) electrons. The maximum Gasteiger partial charge on any atom is 0.134 e. The summed E-state index contributed by atoms with van der Waals surface area (Å²) in [5.74, 6) is 4.01. The molecule has 2 saturated carbocycles. The van der Waals surface area contributed by atoms with Gasteiger partial charge in [-0.25, -0.2) is 0 Å². The monoisotopic (exact) mass is 295 g/mol. The van der Waals surface area contributed by atoms with Crippen molar-refractivity contribution in [1.82, 2.24) is 4.90 Å². The van der Waals surface area contributed by atoms with Crippen molar-refractivity contribution in [1.29, 1.82) is 0 Å². The van der Waals surface area contributed by atoms with Gasteiger partial charge >= 0.3 is 0 Å². The summed E-state index contributed by atoms with van der Waals surface area (Å²) in [6.07, 6.45) is 5.14. The molecule has 5 unspecified atom stereocenters. The number of furan rings is 1. The van der Waals surface area contributed by atoms with E-state index < -0.39 is 0 Å². The molecule has 3 fully saturated rings. The van der Waals surface area contributed by atoms with Crippen LogP contribution in [0.15, 0.2) is 22.6 Å². The number of benzene rings is 1. The summed E-state index contributed by atoms with van der Waals surface area (Å²) in [6, 6.07) is 6.38. The van der Waals surface area contributed by atoms with E-state index in [2.05, 4.69) is 11.8 Å². The van der Waals surface area contributed by atoms with Gasteiger partial charge in [-0.15, -0.1) is 0 Å². The molecule has 6 rings (SSSR count). The van der Waals surface area contributed by atoms with Gasteiger partial charge in [0.05, 0.1) is 0 Å². The Morgan fingerprint density at radius 1 is 1.36 bits per heavy atom. The quantitative estimate of drug-likeness (QED) is 0.816. The van der Waals surface area contributed by atoms with E-state index in [1.54, 1.807) is 6.07 Å². The third kappa shape index (κ3) is 1.08. The Morgan fingerprint density at radius 2 is 2.27 bits per heavy atom. The van der Waals surface area contributed by atoms with Crippen molar-refractivity contribution in [2.45, 2.75) is 50.1 Å². The Labute approximate surface area is 129 Å². The van der Waals surface area contributed by atoms with Gasteiger partial charge in [0.25, 0.3) is 0 Å². The van der Waals surface area contributed by atoms with E-state index >= 15 is 0 Å². The number of phenols is 1. The molecule has 3 heteroatoms. The summed E-state index contributed by atoms with van der Waals surface area (Å²) >= 11 is 0. The number of aromatic hydroxyl groups is 1. The summed E-state index contributed by atoms with van der Waals surface area (Å²) in [6.45, 7) is 3.53. The molecular formula is C19H21NO2. The van der Waals surface area contributed by atoms with Gasteiger partial charge in [-0.05, 0) is 49.3 Å². The normalized spacial score (nSPS) is 44.0. The number of piperidine rings is 1. The minimum Gasteiger partial charge on any atom is -0.508 e. The van der Waals surface area contributed by atoms with Crippen LogP contribution in [0.1, 0.15) is 43.4 Å². The first-order valence-corrected chi connectivity index (χ1v) is 8.76. The largest absolute Gasteiger partial charge is 0.508 e. The highest BCUT2D eigenvalue weighted by Gasteiger charge is 2.81. The van der Waals surface area contributed by atoms with Crippen LogP contribution in [0.25, 0.3) is 11.0 Å². The first kappa shape index (κ1) is 12.0. The molecule has 114 valence electrons. The highest BCUT2D eigenvalue weighted by molar-refractivity contribution is 5.84. The number of hydrogen-bond donors (Lipinski definition) is 1. The van der Waals surface area contributed by atoms with Crippen molar-refractivity contribution >= 4 is 11.0 Å². The fourth-order valence-electron chi connectivity index (χ4n) is 6.45. The second kappa shape index (κ2) is 3.53. The van der Waals surface area contributed by atoms with E-state index in [4.69, 9.17) is 4.42 Å².